The summed E-state index contributed by atoms with van der Waals surface area (Å²) in [5, 5.41) is 3.43. The molecule has 1 N–H and O–H groups in total. The molecule has 24 heavy (non-hydrogen) atoms. The van der Waals surface area contributed by atoms with Crippen molar-refractivity contribution in [2.75, 3.05) is 6.54 Å². The second-order valence-electron chi connectivity index (χ2n) is 6.74. The number of carbonyl (C=O) groups excluding carboxylic acids is 1. The molecule has 0 spiro atoms. The van der Waals surface area contributed by atoms with Crippen LogP contribution in [0.15, 0.2) is 60.7 Å². The number of nitrogens with zero attached hydrogens (tertiary/aromatic N) is 1. The van der Waals surface area contributed by atoms with Crippen molar-refractivity contribution in [1.29, 1.82) is 0 Å². The van der Waals surface area contributed by atoms with Crippen molar-refractivity contribution in [1.82, 2.24) is 10.2 Å². The van der Waals surface area contributed by atoms with Gasteiger partial charge in [-0.3, -0.25) is 4.79 Å². The van der Waals surface area contributed by atoms with Crippen LogP contribution >= 0.6 is 0 Å². The van der Waals surface area contributed by atoms with Crippen LogP contribution in [0.5, 0.6) is 0 Å². The molecule has 1 amide bonds. The Balaban J connectivity index is 1.76. The molecule has 0 radical (unpaired) electrons. The summed E-state index contributed by atoms with van der Waals surface area (Å²) in [5.41, 5.74) is 2.37. The summed E-state index contributed by atoms with van der Waals surface area (Å²) in [4.78, 5) is 15.2. The molecule has 126 valence electrons. The van der Waals surface area contributed by atoms with Gasteiger partial charge in [-0.1, -0.05) is 60.7 Å². The molecule has 1 fully saturated rings. The van der Waals surface area contributed by atoms with Crippen LogP contribution < -0.4 is 5.32 Å². The number of benzene rings is 2. The number of carbonyl (C=O) groups is 1. The number of piperidine rings is 1. The first kappa shape index (κ1) is 16.7. The second-order valence-corrected chi connectivity index (χ2v) is 6.74. The van der Waals surface area contributed by atoms with Crippen molar-refractivity contribution in [3.8, 4) is 0 Å². The Kier molecular flexibility index (Phi) is 5.65. The lowest BCUT2D eigenvalue weighted by atomic mass is 9.91. The second kappa shape index (κ2) is 8.11. The van der Waals surface area contributed by atoms with Gasteiger partial charge in [0.2, 0.25) is 5.91 Å². The van der Waals surface area contributed by atoms with E-state index in [2.05, 4.69) is 36.5 Å². The molecule has 3 rings (SSSR count). The Bertz CT molecular complexity index is 600. The minimum atomic E-state index is 0.133. The molecule has 2 aromatic rings. The number of hydrogen-bond acceptors (Lipinski definition) is 2. The van der Waals surface area contributed by atoms with Crippen molar-refractivity contribution in [2.24, 2.45) is 5.92 Å². The highest BCUT2D eigenvalue weighted by atomic mass is 16.2. The summed E-state index contributed by atoms with van der Waals surface area (Å²) in [5.74, 6) is 0.421. The molecule has 1 aliphatic heterocycles. The van der Waals surface area contributed by atoms with E-state index in [0.717, 1.165) is 19.4 Å². The van der Waals surface area contributed by atoms with Gasteiger partial charge in [0.25, 0.3) is 0 Å². The number of hydrogen-bond donors (Lipinski definition) is 1. The van der Waals surface area contributed by atoms with Crippen molar-refractivity contribution in [3.63, 3.8) is 0 Å². The molecule has 2 atom stereocenters. The van der Waals surface area contributed by atoms with Gasteiger partial charge in [0, 0.05) is 25.0 Å². The highest BCUT2D eigenvalue weighted by Gasteiger charge is 2.28. The first-order valence-corrected chi connectivity index (χ1v) is 8.82. The van der Waals surface area contributed by atoms with Gasteiger partial charge in [-0.05, 0) is 37.4 Å². The predicted molar refractivity (Wildman–Crippen MR) is 97.3 cm³/mol. The zero-order chi connectivity index (χ0) is 16.8. The highest BCUT2D eigenvalue weighted by molar-refractivity contribution is 5.79. The Morgan fingerprint density at radius 2 is 1.54 bits per heavy atom. The minimum absolute atomic E-state index is 0.133. The molecule has 0 bridgehead atoms. The van der Waals surface area contributed by atoms with Gasteiger partial charge in [-0.2, -0.15) is 0 Å². The standard InChI is InChI=1S/C21H26N2O/c1-17-14-20(12-13-22-17)21(24)23(15-18-8-4-2-5-9-18)16-19-10-6-3-7-11-19/h2-11,17,20,22H,12-16H2,1H3/t17-,20-/m0/s1. The lowest BCUT2D eigenvalue weighted by Crippen LogP contribution is -2.43. The third kappa shape index (κ3) is 4.45. The summed E-state index contributed by atoms with van der Waals surface area (Å²) in [6.07, 6.45) is 1.86. The molecule has 3 nitrogen and oxygen atoms in total. The van der Waals surface area contributed by atoms with E-state index >= 15 is 0 Å². The van der Waals surface area contributed by atoms with Gasteiger partial charge < -0.3 is 10.2 Å². The third-order valence-corrected chi connectivity index (χ3v) is 4.72. The van der Waals surface area contributed by atoms with Crippen LogP contribution in [0, 0.1) is 5.92 Å². The van der Waals surface area contributed by atoms with Crippen LogP contribution in [0.4, 0.5) is 0 Å². The van der Waals surface area contributed by atoms with Crippen molar-refractivity contribution >= 4 is 5.91 Å². The van der Waals surface area contributed by atoms with E-state index in [1.54, 1.807) is 0 Å². The maximum absolute atomic E-state index is 13.2. The lowest BCUT2D eigenvalue weighted by molar-refractivity contribution is -0.138. The first-order chi connectivity index (χ1) is 11.7. The normalized spacial score (nSPS) is 20.5. The monoisotopic (exact) mass is 322 g/mol. The highest BCUT2D eigenvalue weighted by Crippen LogP contribution is 2.21. The summed E-state index contributed by atoms with van der Waals surface area (Å²) in [6, 6.07) is 21.0. The van der Waals surface area contributed by atoms with Gasteiger partial charge in [0.05, 0.1) is 0 Å². The Morgan fingerprint density at radius 3 is 2.04 bits per heavy atom. The molecule has 0 aliphatic carbocycles. The van der Waals surface area contributed by atoms with Crippen LogP contribution in [-0.2, 0) is 17.9 Å². The fourth-order valence-corrected chi connectivity index (χ4v) is 3.43. The maximum Gasteiger partial charge on any atom is 0.226 e. The molecule has 1 aliphatic rings. The van der Waals surface area contributed by atoms with E-state index in [1.165, 1.54) is 11.1 Å². The van der Waals surface area contributed by atoms with E-state index in [1.807, 2.05) is 41.3 Å². The van der Waals surface area contributed by atoms with Crippen LogP contribution in [0.1, 0.15) is 30.9 Å². The number of rotatable bonds is 5. The average molecular weight is 322 g/mol. The van der Waals surface area contributed by atoms with Gasteiger partial charge >= 0.3 is 0 Å². The zero-order valence-electron chi connectivity index (χ0n) is 14.3. The Labute approximate surface area is 144 Å². The SMILES string of the molecule is C[C@H]1C[C@@H](C(=O)N(Cc2ccccc2)Cc2ccccc2)CCN1. The summed E-state index contributed by atoms with van der Waals surface area (Å²) in [7, 11) is 0. The molecule has 0 unspecified atom stereocenters. The number of nitrogens with one attached hydrogen (secondary N) is 1. The molecule has 1 saturated heterocycles. The summed E-state index contributed by atoms with van der Waals surface area (Å²) >= 11 is 0. The quantitative estimate of drug-likeness (QED) is 0.912. The lowest BCUT2D eigenvalue weighted by Gasteiger charge is -2.32. The van der Waals surface area contributed by atoms with E-state index in [-0.39, 0.29) is 11.8 Å². The van der Waals surface area contributed by atoms with Gasteiger partial charge in [-0.15, -0.1) is 0 Å². The smallest absolute Gasteiger partial charge is 0.226 e. The molecule has 1 heterocycles. The van der Waals surface area contributed by atoms with Crippen LogP contribution in [0.25, 0.3) is 0 Å². The molecule has 0 saturated carbocycles. The Morgan fingerprint density at radius 1 is 1.00 bits per heavy atom. The van der Waals surface area contributed by atoms with Gasteiger partial charge in [0.15, 0.2) is 0 Å². The van der Waals surface area contributed by atoms with Crippen molar-refractivity contribution < 1.29 is 4.79 Å². The van der Waals surface area contributed by atoms with E-state index < -0.39 is 0 Å². The summed E-state index contributed by atoms with van der Waals surface area (Å²) < 4.78 is 0. The van der Waals surface area contributed by atoms with Crippen LogP contribution in [0.2, 0.25) is 0 Å². The third-order valence-electron chi connectivity index (χ3n) is 4.72. The van der Waals surface area contributed by atoms with Crippen molar-refractivity contribution in [3.05, 3.63) is 71.8 Å². The molecular formula is C21H26N2O. The van der Waals surface area contributed by atoms with E-state index in [9.17, 15) is 4.79 Å². The molecule has 0 aromatic heterocycles. The first-order valence-electron chi connectivity index (χ1n) is 8.82. The minimum Gasteiger partial charge on any atom is -0.334 e. The fourth-order valence-electron chi connectivity index (χ4n) is 3.43. The zero-order valence-corrected chi connectivity index (χ0v) is 14.3. The van der Waals surface area contributed by atoms with Crippen molar-refractivity contribution in [2.45, 2.75) is 38.9 Å². The van der Waals surface area contributed by atoms with E-state index in [0.29, 0.717) is 19.1 Å². The largest absolute Gasteiger partial charge is 0.334 e. The summed E-state index contributed by atoms with van der Waals surface area (Å²) in [6.45, 7) is 4.44. The maximum atomic E-state index is 13.2. The number of amides is 1. The average Bonchev–Trinajstić information content (AvgIpc) is 2.62. The van der Waals surface area contributed by atoms with Crippen LogP contribution in [-0.4, -0.2) is 23.4 Å². The van der Waals surface area contributed by atoms with Crippen LogP contribution in [0.3, 0.4) is 0 Å². The van der Waals surface area contributed by atoms with E-state index in [4.69, 9.17) is 0 Å². The Hall–Kier alpha value is -2.13. The van der Waals surface area contributed by atoms with Gasteiger partial charge in [-0.25, -0.2) is 0 Å². The predicted octanol–water partition coefficient (Wildman–Crippen LogP) is 3.60. The topological polar surface area (TPSA) is 32.3 Å². The fraction of sp³-hybridized carbons (Fsp3) is 0.381. The molecule has 3 heteroatoms. The van der Waals surface area contributed by atoms with Gasteiger partial charge in [0.1, 0.15) is 0 Å². The molecular weight excluding hydrogens is 296 g/mol. The molecule has 2 aromatic carbocycles.